The molecule has 0 radical (unpaired) electrons. The summed E-state index contributed by atoms with van der Waals surface area (Å²) >= 11 is 12.4. The third-order valence-corrected chi connectivity index (χ3v) is 4.60. The maximum absolute atomic E-state index is 12.7. The van der Waals surface area contributed by atoms with Crippen molar-refractivity contribution in [1.29, 1.82) is 0 Å². The second-order valence-corrected chi connectivity index (χ2v) is 6.67. The number of carboxylic acids is 1. The summed E-state index contributed by atoms with van der Waals surface area (Å²) in [7, 11) is 0. The third kappa shape index (κ3) is 4.48. The predicted octanol–water partition coefficient (Wildman–Crippen LogP) is 5.60. The lowest BCUT2D eigenvalue weighted by molar-refractivity contribution is -0.136. The zero-order chi connectivity index (χ0) is 19.4. The van der Waals surface area contributed by atoms with E-state index in [1.165, 1.54) is 0 Å². The van der Waals surface area contributed by atoms with E-state index in [1.807, 2.05) is 6.07 Å². The minimum absolute atomic E-state index is 0.176. The van der Waals surface area contributed by atoms with Crippen LogP contribution < -0.4 is 5.32 Å². The van der Waals surface area contributed by atoms with E-state index in [4.69, 9.17) is 23.2 Å². The van der Waals surface area contributed by atoms with Gasteiger partial charge in [-0.1, -0.05) is 59.6 Å². The van der Waals surface area contributed by atoms with Crippen LogP contribution in [-0.4, -0.2) is 16.9 Å². The van der Waals surface area contributed by atoms with Crippen LogP contribution in [0.2, 0.25) is 10.0 Å². The Labute approximate surface area is 166 Å². The molecule has 0 aliphatic rings. The number of carbonyl (C=O) groups is 2. The van der Waals surface area contributed by atoms with E-state index in [2.05, 4.69) is 5.32 Å². The van der Waals surface area contributed by atoms with E-state index in [9.17, 15) is 14.7 Å². The van der Waals surface area contributed by atoms with Crippen molar-refractivity contribution >= 4 is 46.3 Å². The van der Waals surface area contributed by atoms with E-state index in [0.29, 0.717) is 38.1 Å². The normalized spacial score (nSPS) is 10.4. The van der Waals surface area contributed by atoms with Crippen LogP contribution in [0.1, 0.15) is 21.5 Å². The molecule has 0 spiro atoms. The Bertz CT molecular complexity index is 983. The lowest BCUT2D eigenvalue weighted by Crippen LogP contribution is -2.08. The van der Waals surface area contributed by atoms with Crippen molar-refractivity contribution in [3.63, 3.8) is 0 Å². The molecule has 136 valence electrons. The van der Waals surface area contributed by atoms with Gasteiger partial charge in [-0.2, -0.15) is 0 Å². The van der Waals surface area contributed by atoms with Crippen molar-refractivity contribution in [3.8, 4) is 0 Å². The van der Waals surface area contributed by atoms with Gasteiger partial charge in [-0.05, 0) is 35.9 Å². The molecule has 6 heteroatoms. The van der Waals surface area contributed by atoms with Gasteiger partial charge in [-0.3, -0.25) is 9.59 Å². The topological polar surface area (TPSA) is 66.4 Å². The van der Waals surface area contributed by atoms with Gasteiger partial charge in [0.2, 0.25) is 0 Å². The van der Waals surface area contributed by atoms with Crippen molar-refractivity contribution in [2.24, 2.45) is 0 Å². The maximum Gasteiger partial charge on any atom is 0.307 e. The molecule has 2 N–H and O–H groups in total. The number of para-hydroxylation sites is 1. The standard InChI is InChI=1S/C21H15Cl2NO3/c22-16-7-4-8-17(23)20(16)24-18-10-9-14(11-15(18)12-19(25)26)21(27)13-5-2-1-3-6-13/h1-11,24H,12H2,(H,25,26). The minimum atomic E-state index is -1.01. The molecule has 3 aromatic carbocycles. The first-order valence-corrected chi connectivity index (χ1v) is 8.87. The van der Waals surface area contributed by atoms with Gasteiger partial charge in [-0.25, -0.2) is 0 Å². The molecule has 0 heterocycles. The number of hydrogen-bond donors (Lipinski definition) is 2. The number of hydrogen-bond acceptors (Lipinski definition) is 3. The number of benzene rings is 3. The summed E-state index contributed by atoms with van der Waals surface area (Å²) in [6.07, 6.45) is -0.250. The van der Waals surface area contributed by atoms with Gasteiger partial charge in [0.15, 0.2) is 5.78 Å². The molecule has 0 fully saturated rings. The number of rotatable bonds is 6. The molecule has 3 rings (SSSR count). The Kier molecular flexibility index (Phi) is 5.79. The molecule has 0 aromatic heterocycles. The number of carboxylic acid groups (broad SMARTS) is 1. The van der Waals surface area contributed by atoms with Crippen LogP contribution in [0, 0.1) is 0 Å². The van der Waals surface area contributed by atoms with Crippen LogP contribution in [0.4, 0.5) is 11.4 Å². The molecule has 4 nitrogen and oxygen atoms in total. The lowest BCUT2D eigenvalue weighted by Gasteiger charge is -2.15. The smallest absolute Gasteiger partial charge is 0.307 e. The summed E-state index contributed by atoms with van der Waals surface area (Å²) in [5.41, 5.74) is 2.41. The van der Waals surface area contributed by atoms with Gasteiger partial charge in [0.1, 0.15) is 0 Å². The molecule has 27 heavy (non-hydrogen) atoms. The van der Waals surface area contributed by atoms with Gasteiger partial charge >= 0.3 is 5.97 Å². The quantitative estimate of drug-likeness (QED) is 0.529. The largest absolute Gasteiger partial charge is 0.481 e. The van der Waals surface area contributed by atoms with Gasteiger partial charge in [0, 0.05) is 16.8 Å². The molecule has 0 unspecified atom stereocenters. The Morgan fingerprint density at radius 3 is 2.15 bits per heavy atom. The molecule has 0 saturated carbocycles. The molecule has 0 saturated heterocycles. The average Bonchev–Trinajstić information content (AvgIpc) is 2.65. The van der Waals surface area contributed by atoms with Crippen molar-refractivity contribution in [2.75, 3.05) is 5.32 Å². The molecular weight excluding hydrogens is 385 g/mol. The fourth-order valence-electron chi connectivity index (χ4n) is 2.67. The highest BCUT2D eigenvalue weighted by molar-refractivity contribution is 6.39. The Hall–Kier alpha value is -2.82. The zero-order valence-corrected chi connectivity index (χ0v) is 15.6. The second kappa shape index (κ2) is 8.25. The molecule has 0 aliphatic carbocycles. The third-order valence-electron chi connectivity index (χ3n) is 3.97. The number of aliphatic carboxylic acids is 1. The highest BCUT2D eigenvalue weighted by atomic mass is 35.5. The van der Waals surface area contributed by atoms with Crippen LogP contribution >= 0.6 is 23.2 Å². The Morgan fingerprint density at radius 2 is 1.52 bits per heavy atom. The van der Waals surface area contributed by atoms with Crippen LogP contribution in [0.25, 0.3) is 0 Å². The fraction of sp³-hybridized carbons (Fsp3) is 0.0476. The van der Waals surface area contributed by atoms with Gasteiger partial charge < -0.3 is 10.4 Å². The van der Waals surface area contributed by atoms with E-state index in [1.54, 1.807) is 60.7 Å². The predicted molar refractivity (Wildman–Crippen MR) is 107 cm³/mol. The van der Waals surface area contributed by atoms with Crippen LogP contribution in [0.3, 0.4) is 0 Å². The molecule has 3 aromatic rings. The summed E-state index contributed by atoms with van der Waals surface area (Å²) in [5, 5.41) is 13.2. The van der Waals surface area contributed by atoms with Crippen molar-refractivity contribution in [2.45, 2.75) is 6.42 Å². The average molecular weight is 400 g/mol. The van der Waals surface area contributed by atoms with Crippen molar-refractivity contribution < 1.29 is 14.7 Å². The first-order chi connectivity index (χ1) is 13.0. The highest BCUT2D eigenvalue weighted by Gasteiger charge is 2.15. The van der Waals surface area contributed by atoms with E-state index >= 15 is 0 Å². The Balaban J connectivity index is 2.00. The van der Waals surface area contributed by atoms with E-state index < -0.39 is 5.97 Å². The molecular formula is C21H15Cl2NO3. The Morgan fingerprint density at radius 1 is 0.852 bits per heavy atom. The zero-order valence-electron chi connectivity index (χ0n) is 14.1. The van der Waals surface area contributed by atoms with Gasteiger partial charge in [-0.15, -0.1) is 0 Å². The summed E-state index contributed by atoms with van der Waals surface area (Å²) in [4.78, 5) is 23.9. The highest BCUT2D eigenvalue weighted by Crippen LogP contribution is 2.34. The van der Waals surface area contributed by atoms with Gasteiger partial charge in [0.05, 0.1) is 22.2 Å². The van der Waals surface area contributed by atoms with Crippen LogP contribution in [0.5, 0.6) is 0 Å². The summed E-state index contributed by atoms with van der Waals surface area (Å²) in [6.45, 7) is 0. The molecule has 0 bridgehead atoms. The summed E-state index contributed by atoms with van der Waals surface area (Å²) in [5.74, 6) is -1.18. The monoisotopic (exact) mass is 399 g/mol. The van der Waals surface area contributed by atoms with E-state index in [-0.39, 0.29) is 12.2 Å². The first kappa shape index (κ1) is 19.0. The maximum atomic E-state index is 12.7. The fourth-order valence-corrected chi connectivity index (χ4v) is 3.17. The number of carbonyl (C=O) groups excluding carboxylic acids is 1. The van der Waals surface area contributed by atoms with E-state index in [0.717, 1.165) is 0 Å². The minimum Gasteiger partial charge on any atom is -0.481 e. The number of halogens is 2. The van der Waals surface area contributed by atoms with Crippen LogP contribution in [-0.2, 0) is 11.2 Å². The molecule has 0 atom stereocenters. The van der Waals surface area contributed by atoms with Crippen LogP contribution in [0.15, 0.2) is 66.7 Å². The van der Waals surface area contributed by atoms with Crippen molar-refractivity contribution in [1.82, 2.24) is 0 Å². The molecule has 0 aliphatic heterocycles. The van der Waals surface area contributed by atoms with Crippen molar-refractivity contribution in [3.05, 3.63) is 93.5 Å². The number of ketones is 1. The lowest BCUT2D eigenvalue weighted by atomic mass is 9.99. The summed E-state index contributed by atoms with van der Waals surface area (Å²) in [6, 6.07) is 18.8. The first-order valence-electron chi connectivity index (χ1n) is 8.11. The SMILES string of the molecule is O=C(O)Cc1cc(C(=O)c2ccccc2)ccc1Nc1c(Cl)cccc1Cl. The summed E-state index contributed by atoms with van der Waals surface area (Å²) < 4.78 is 0. The number of anilines is 2. The number of nitrogens with one attached hydrogen (secondary N) is 1. The molecule has 0 amide bonds. The van der Waals surface area contributed by atoms with Gasteiger partial charge in [0.25, 0.3) is 0 Å². The second-order valence-electron chi connectivity index (χ2n) is 5.86.